The topological polar surface area (TPSA) is 49.3 Å². The Morgan fingerprint density at radius 2 is 2.22 bits per heavy atom. The van der Waals surface area contributed by atoms with Crippen molar-refractivity contribution in [3.8, 4) is 0 Å². The average molecular weight is 263 g/mol. The van der Waals surface area contributed by atoms with Gasteiger partial charge in [0.25, 0.3) is 5.91 Å². The van der Waals surface area contributed by atoms with Gasteiger partial charge in [-0.15, -0.1) is 11.3 Å². The van der Waals surface area contributed by atoms with Gasteiger partial charge in [-0.1, -0.05) is 18.2 Å². The Bertz CT molecular complexity index is 502. The third-order valence-corrected chi connectivity index (χ3v) is 3.94. The Balaban J connectivity index is 2.04. The van der Waals surface area contributed by atoms with Gasteiger partial charge in [0.15, 0.2) is 0 Å². The molecular weight excluding hydrogens is 246 g/mol. The van der Waals surface area contributed by atoms with Gasteiger partial charge < -0.3 is 10.4 Å². The fourth-order valence-corrected chi connectivity index (χ4v) is 2.82. The first-order chi connectivity index (χ1) is 8.70. The summed E-state index contributed by atoms with van der Waals surface area (Å²) in [4.78, 5) is 12.8. The molecule has 1 amide bonds. The molecule has 2 rings (SSSR count). The number of rotatable bonds is 5. The molecule has 0 aliphatic heterocycles. The lowest BCUT2D eigenvalue weighted by Crippen LogP contribution is -2.32. The molecule has 1 unspecified atom stereocenters. The van der Waals surface area contributed by atoms with Gasteiger partial charge in [-0.05, 0) is 37.3 Å². The van der Waals surface area contributed by atoms with Crippen molar-refractivity contribution in [1.82, 2.24) is 5.32 Å². The molecule has 0 saturated heterocycles. The van der Waals surface area contributed by atoms with Crippen molar-refractivity contribution in [3.63, 3.8) is 0 Å². The van der Waals surface area contributed by atoms with Gasteiger partial charge in [-0.2, -0.15) is 0 Å². The molecule has 18 heavy (non-hydrogen) atoms. The number of aliphatic hydroxyl groups excluding tert-OH is 1. The van der Waals surface area contributed by atoms with Gasteiger partial charge in [-0.3, -0.25) is 4.79 Å². The van der Waals surface area contributed by atoms with Gasteiger partial charge in [0, 0.05) is 17.3 Å². The molecule has 1 atom stereocenters. The Labute approximate surface area is 110 Å². The van der Waals surface area contributed by atoms with Gasteiger partial charge in [0.2, 0.25) is 0 Å². The zero-order valence-corrected chi connectivity index (χ0v) is 11.2. The van der Waals surface area contributed by atoms with Crippen molar-refractivity contribution in [2.24, 2.45) is 0 Å². The number of thiophene rings is 1. The lowest BCUT2D eigenvalue weighted by Gasteiger charge is -2.11. The molecule has 1 heterocycles. The molecule has 96 valence electrons. The van der Waals surface area contributed by atoms with Crippen molar-refractivity contribution in [1.29, 1.82) is 0 Å². The van der Waals surface area contributed by atoms with Gasteiger partial charge >= 0.3 is 0 Å². The Morgan fingerprint density at radius 3 is 2.94 bits per heavy atom. The monoisotopic (exact) mass is 263 g/mol. The number of hydrogen-bond donors (Lipinski definition) is 2. The quantitative estimate of drug-likeness (QED) is 0.871. The Morgan fingerprint density at radius 1 is 1.44 bits per heavy atom. The minimum atomic E-state index is -0.0263. The van der Waals surface area contributed by atoms with E-state index in [9.17, 15) is 4.79 Å². The van der Waals surface area contributed by atoms with E-state index >= 15 is 0 Å². The van der Waals surface area contributed by atoms with E-state index in [2.05, 4.69) is 5.32 Å². The van der Waals surface area contributed by atoms with E-state index in [1.807, 2.05) is 37.3 Å². The summed E-state index contributed by atoms with van der Waals surface area (Å²) in [6.45, 7) is 2.13. The maximum Gasteiger partial charge on any atom is 0.261 e. The van der Waals surface area contributed by atoms with Crippen molar-refractivity contribution in [2.75, 3.05) is 6.61 Å². The van der Waals surface area contributed by atoms with Crippen LogP contribution in [-0.4, -0.2) is 23.7 Å². The Kier molecular flexibility index (Phi) is 4.33. The normalized spacial score (nSPS) is 12.6. The summed E-state index contributed by atoms with van der Waals surface area (Å²) in [5.74, 6) is -0.0263. The van der Waals surface area contributed by atoms with Crippen LogP contribution in [0.25, 0.3) is 10.1 Å². The third-order valence-electron chi connectivity index (χ3n) is 2.82. The van der Waals surface area contributed by atoms with Crippen LogP contribution < -0.4 is 5.32 Å². The van der Waals surface area contributed by atoms with Crippen LogP contribution in [-0.2, 0) is 0 Å². The summed E-state index contributed by atoms with van der Waals surface area (Å²) < 4.78 is 1.13. The molecule has 0 saturated carbocycles. The summed E-state index contributed by atoms with van der Waals surface area (Å²) in [7, 11) is 0. The summed E-state index contributed by atoms with van der Waals surface area (Å²) >= 11 is 1.51. The lowest BCUT2D eigenvalue weighted by molar-refractivity contribution is 0.0940. The van der Waals surface area contributed by atoms with Gasteiger partial charge in [0.05, 0.1) is 4.88 Å². The first-order valence-corrected chi connectivity index (χ1v) is 6.92. The second-order valence-corrected chi connectivity index (χ2v) is 5.47. The van der Waals surface area contributed by atoms with Crippen LogP contribution in [0.3, 0.4) is 0 Å². The van der Waals surface area contributed by atoms with Crippen LogP contribution in [0.15, 0.2) is 30.3 Å². The SMILES string of the molecule is CC(CCCO)NC(=O)c1cc2ccccc2s1. The second kappa shape index (κ2) is 5.98. The highest BCUT2D eigenvalue weighted by molar-refractivity contribution is 7.20. The highest BCUT2D eigenvalue weighted by atomic mass is 32.1. The van der Waals surface area contributed by atoms with Crippen molar-refractivity contribution in [2.45, 2.75) is 25.8 Å². The van der Waals surface area contributed by atoms with Crippen LogP contribution in [0.5, 0.6) is 0 Å². The Hall–Kier alpha value is -1.39. The van der Waals surface area contributed by atoms with Crippen LogP contribution in [0.4, 0.5) is 0 Å². The van der Waals surface area contributed by atoms with E-state index in [0.717, 1.165) is 21.4 Å². The lowest BCUT2D eigenvalue weighted by atomic mass is 10.2. The molecule has 1 aromatic carbocycles. The number of benzene rings is 1. The van der Waals surface area contributed by atoms with Crippen LogP contribution in [0, 0.1) is 0 Å². The molecule has 0 fully saturated rings. The largest absolute Gasteiger partial charge is 0.396 e. The van der Waals surface area contributed by atoms with E-state index in [-0.39, 0.29) is 18.6 Å². The van der Waals surface area contributed by atoms with E-state index < -0.39 is 0 Å². The smallest absolute Gasteiger partial charge is 0.261 e. The minimum Gasteiger partial charge on any atom is -0.396 e. The number of hydrogen-bond acceptors (Lipinski definition) is 3. The number of amides is 1. The third kappa shape index (κ3) is 3.09. The fraction of sp³-hybridized carbons (Fsp3) is 0.357. The molecule has 0 spiro atoms. The molecule has 0 radical (unpaired) electrons. The summed E-state index contributed by atoms with van der Waals surface area (Å²) in [5.41, 5.74) is 0. The molecule has 0 aliphatic rings. The highest BCUT2D eigenvalue weighted by Gasteiger charge is 2.12. The molecule has 2 N–H and O–H groups in total. The molecular formula is C14H17NO2S. The molecule has 0 bridgehead atoms. The molecule has 3 nitrogen and oxygen atoms in total. The molecule has 0 aliphatic carbocycles. The first kappa shape index (κ1) is 13.1. The van der Waals surface area contributed by atoms with Gasteiger partial charge in [0.1, 0.15) is 0 Å². The van der Waals surface area contributed by atoms with E-state index in [4.69, 9.17) is 5.11 Å². The second-order valence-electron chi connectivity index (χ2n) is 4.39. The molecule has 1 aromatic heterocycles. The van der Waals surface area contributed by atoms with E-state index in [1.165, 1.54) is 11.3 Å². The van der Waals surface area contributed by atoms with Crippen molar-refractivity contribution in [3.05, 3.63) is 35.2 Å². The zero-order valence-electron chi connectivity index (χ0n) is 10.3. The van der Waals surface area contributed by atoms with Crippen LogP contribution in [0.1, 0.15) is 29.4 Å². The number of aliphatic hydroxyl groups is 1. The summed E-state index contributed by atoms with van der Waals surface area (Å²) in [6.07, 6.45) is 1.51. The van der Waals surface area contributed by atoms with Crippen LogP contribution in [0.2, 0.25) is 0 Å². The molecule has 4 heteroatoms. The van der Waals surface area contributed by atoms with Crippen LogP contribution >= 0.6 is 11.3 Å². The standard InChI is InChI=1S/C14H17NO2S/c1-10(5-4-8-16)15-14(17)13-9-11-6-2-3-7-12(11)18-13/h2-3,6-7,9-10,16H,4-5,8H2,1H3,(H,15,17). The predicted octanol–water partition coefficient (Wildman–Crippen LogP) is 2.79. The summed E-state index contributed by atoms with van der Waals surface area (Å²) in [5, 5.41) is 12.8. The number of carbonyl (C=O) groups excluding carboxylic acids is 1. The number of nitrogens with one attached hydrogen (secondary N) is 1. The summed E-state index contributed by atoms with van der Waals surface area (Å²) in [6, 6.07) is 10.00. The average Bonchev–Trinajstić information content (AvgIpc) is 2.80. The van der Waals surface area contributed by atoms with Crippen molar-refractivity contribution >= 4 is 27.3 Å². The first-order valence-electron chi connectivity index (χ1n) is 6.11. The fourth-order valence-electron chi connectivity index (χ4n) is 1.86. The van der Waals surface area contributed by atoms with E-state index in [0.29, 0.717) is 6.42 Å². The zero-order chi connectivity index (χ0) is 13.0. The van der Waals surface area contributed by atoms with Gasteiger partial charge in [-0.25, -0.2) is 0 Å². The highest BCUT2D eigenvalue weighted by Crippen LogP contribution is 2.25. The van der Waals surface area contributed by atoms with Crippen molar-refractivity contribution < 1.29 is 9.90 Å². The number of carbonyl (C=O) groups is 1. The maximum atomic E-state index is 12.0. The maximum absolute atomic E-state index is 12.0. The minimum absolute atomic E-state index is 0.0263. The molecule has 2 aromatic rings. The predicted molar refractivity (Wildman–Crippen MR) is 75.1 cm³/mol. The van der Waals surface area contributed by atoms with E-state index in [1.54, 1.807) is 0 Å². The number of fused-ring (bicyclic) bond motifs is 1.